The molecule has 0 amide bonds. The van der Waals surface area contributed by atoms with Crippen LogP contribution in [0.5, 0.6) is 0 Å². The van der Waals surface area contributed by atoms with E-state index in [0.717, 1.165) is 33.5 Å². The number of aliphatic hydroxyl groups is 1. The highest BCUT2D eigenvalue weighted by Crippen LogP contribution is 2.23. The number of hydrogen-bond donors (Lipinski definition) is 2. The molecule has 0 aliphatic carbocycles. The Hall–Kier alpha value is -0.875. The Kier molecular flexibility index (Phi) is 4.18. The van der Waals surface area contributed by atoms with Gasteiger partial charge in [0.05, 0.1) is 6.13 Å². The lowest BCUT2D eigenvalue weighted by molar-refractivity contribution is 0.236. The minimum Gasteiger partial charge on any atom is -0.424 e. The van der Waals surface area contributed by atoms with Crippen LogP contribution >= 0.6 is 0 Å². The quantitative estimate of drug-likeness (QED) is 0.563. The molecule has 3 atom stereocenters. The monoisotopic (exact) mass is 260 g/mol. The number of nitrogens with zero attached hydrogens (tertiary/aromatic N) is 1. The van der Waals surface area contributed by atoms with Crippen molar-refractivity contribution in [2.24, 2.45) is 5.92 Å². The predicted octanol–water partition coefficient (Wildman–Crippen LogP) is 0.124. The third kappa shape index (κ3) is 3.57. The minimum absolute atomic E-state index is 0.253. The van der Waals surface area contributed by atoms with E-state index in [-0.39, 0.29) is 12.7 Å². The normalized spacial score (nSPS) is 30.3. The van der Waals surface area contributed by atoms with E-state index in [1.165, 1.54) is 5.56 Å². The fourth-order valence-corrected chi connectivity index (χ4v) is 2.96. The molecule has 2 heterocycles. The van der Waals surface area contributed by atoms with Gasteiger partial charge in [-0.1, -0.05) is 30.3 Å². The van der Waals surface area contributed by atoms with Crippen molar-refractivity contribution < 1.29 is 9.76 Å². The van der Waals surface area contributed by atoms with E-state index in [1.807, 2.05) is 0 Å². The molecule has 0 spiro atoms. The van der Waals surface area contributed by atoms with Gasteiger partial charge in [-0.15, -0.1) is 0 Å². The molecule has 0 bridgehead atoms. The number of aliphatic hydroxyl groups excluding tert-OH is 1. The van der Waals surface area contributed by atoms with Crippen LogP contribution in [-0.2, 0) is 11.2 Å². The summed E-state index contributed by atoms with van der Waals surface area (Å²) in [6, 6.07) is 11.0. The Labute approximate surface area is 115 Å². The number of hydrogen-bond acceptors (Lipinski definition) is 4. The lowest BCUT2D eigenvalue weighted by atomic mass is 9.99. The van der Waals surface area contributed by atoms with Gasteiger partial charge in [0.15, 0.2) is 0 Å². The Morgan fingerprint density at radius 1 is 1.32 bits per heavy atom. The third-order valence-electron chi connectivity index (χ3n) is 4.00. The molecule has 3 rings (SSSR count). The van der Waals surface area contributed by atoms with Crippen molar-refractivity contribution in [3.8, 4) is 0 Å². The fraction of sp³-hybridized carbons (Fsp3) is 0.571. The Bertz CT molecular complexity index is 400. The van der Waals surface area contributed by atoms with Crippen molar-refractivity contribution in [3.63, 3.8) is 0 Å². The molecule has 2 fully saturated rings. The molecule has 2 saturated heterocycles. The van der Waals surface area contributed by atoms with Gasteiger partial charge in [0.25, 0.3) is 0 Å². The summed E-state index contributed by atoms with van der Waals surface area (Å²) in [5, 5.41) is 12.7. The van der Waals surface area contributed by atoms with Gasteiger partial charge in [0.1, 0.15) is 0 Å². The molecule has 1 unspecified atom stereocenters. The van der Waals surface area contributed by atoms with Gasteiger partial charge in [0, 0.05) is 32.3 Å². The van der Waals surface area contributed by atoms with Crippen LogP contribution in [0.1, 0.15) is 12.0 Å². The van der Waals surface area contributed by atoms with Crippen molar-refractivity contribution in [2.75, 3.05) is 19.7 Å². The van der Waals surface area contributed by atoms with Gasteiger partial charge in [-0.3, -0.25) is 10.2 Å². The summed E-state index contributed by atoms with van der Waals surface area (Å²) in [4.78, 5) is 2.47. The molecule has 19 heavy (non-hydrogen) atoms. The van der Waals surface area contributed by atoms with Gasteiger partial charge in [0.2, 0.25) is 0 Å². The molecule has 102 valence electrons. The Morgan fingerprint density at radius 3 is 2.79 bits per heavy atom. The first-order valence-electron chi connectivity index (χ1n) is 7.10. The molecule has 2 aliphatic rings. The van der Waals surface area contributed by atoms with Crippen molar-refractivity contribution in [2.45, 2.75) is 25.1 Å². The average Bonchev–Trinajstić information content (AvgIpc) is 3.15. The highest BCUT2D eigenvalue weighted by Gasteiger charge is 2.37. The summed E-state index contributed by atoms with van der Waals surface area (Å²) in [5.74, 6) is 0.526. The number of rotatable bonds is 6. The van der Waals surface area contributed by atoms with Crippen LogP contribution in [0.4, 0.5) is 0 Å². The van der Waals surface area contributed by atoms with Crippen LogP contribution < -0.4 is 5.32 Å². The zero-order valence-corrected chi connectivity index (χ0v) is 11.2. The van der Waals surface area contributed by atoms with Gasteiger partial charge in [-0.25, -0.2) is 0 Å². The second-order valence-electron chi connectivity index (χ2n) is 5.55. The lowest BCUT2D eigenvalue weighted by Gasteiger charge is -2.17. The standard InChI is InChI=1S/C14H21BN2O2/c18-7-6-12-9-17(8-11-4-2-1-3-5-11)10-13(12)16-14-15-19-14/h1-5,12-16,18H,6-10H2/t12-,13-,14?/m0/s1. The lowest BCUT2D eigenvalue weighted by Crippen LogP contribution is -2.38. The molecular weight excluding hydrogens is 239 g/mol. The van der Waals surface area contributed by atoms with Crippen LogP contribution in [-0.4, -0.2) is 49.4 Å². The molecule has 5 heteroatoms. The van der Waals surface area contributed by atoms with Crippen molar-refractivity contribution >= 4 is 7.48 Å². The predicted molar refractivity (Wildman–Crippen MR) is 75.9 cm³/mol. The molecule has 1 aromatic carbocycles. The third-order valence-corrected chi connectivity index (χ3v) is 4.00. The number of nitrogens with one attached hydrogen (secondary N) is 1. The molecule has 2 aliphatic heterocycles. The van der Waals surface area contributed by atoms with Crippen LogP contribution in [0.2, 0.25) is 0 Å². The summed E-state index contributed by atoms with van der Waals surface area (Å²) in [6.45, 7) is 3.36. The maximum absolute atomic E-state index is 9.19. The highest BCUT2D eigenvalue weighted by molar-refractivity contribution is 6.38. The van der Waals surface area contributed by atoms with Crippen LogP contribution in [0.15, 0.2) is 30.3 Å². The van der Waals surface area contributed by atoms with Gasteiger partial charge in [-0.2, -0.15) is 0 Å². The van der Waals surface area contributed by atoms with E-state index in [9.17, 15) is 5.11 Å². The minimum atomic E-state index is 0.253. The first-order valence-corrected chi connectivity index (χ1v) is 7.10. The van der Waals surface area contributed by atoms with E-state index in [1.54, 1.807) is 0 Å². The average molecular weight is 260 g/mol. The maximum Gasteiger partial charge on any atom is 0.321 e. The largest absolute Gasteiger partial charge is 0.424 e. The fourth-order valence-electron chi connectivity index (χ4n) is 2.96. The topological polar surface area (TPSA) is 48.0 Å². The summed E-state index contributed by atoms with van der Waals surface area (Å²) in [5.41, 5.74) is 1.36. The summed E-state index contributed by atoms with van der Waals surface area (Å²) in [6.07, 6.45) is 1.12. The summed E-state index contributed by atoms with van der Waals surface area (Å²) < 4.78 is 5.26. The molecule has 0 saturated carbocycles. The highest BCUT2D eigenvalue weighted by atomic mass is 16.5. The molecule has 0 radical (unpaired) electrons. The van der Waals surface area contributed by atoms with Crippen LogP contribution in [0.3, 0.4) is 0 Å². The second-order valence-corrected chi connectivity index (χ2v) is 5.55. The number of benzene rings is 1. The molecular formula is C14H21BN2O2. The first-order chi connectivity index (χ1) is 9.35. The van der Waals surface area contributed by atoms with Gasteiger partial charge in [-0.05, 0) is 17.9 Å². The Balaban J connectivity index is 1.57. The van der Waals surface area contributed by atoms with Crippen molar-refractivity contribution in [1.82, 2.24) is 10.2 Å². The summed E-state index contributed by atoms with van der Waals surface area (Å²) >= 11 is 0. The van der Waals surface area contributed by atoms with Crippen molar-refractivity contribution in [3.05, 3.63) is 35.9 Å². The molecule has 4 nitrogen and oxygen atoms in total. The summed E-state index contributed by atoms with van der Waals surface area (Å²) in [7, 11) is 0.834. The SMILES string of the molecule is OCC[C@H]1CN(Cc2ccccc2)C[C@@H]1NC1BO1. The van der Waals surface area contributed by atoms with Crippen LogP contribution in [0, 0.1) is 5.92 Å². The number of likely N-dealkylation sites (tertiary alicyclic amines) is 1. The van der Waals surface area contributed by atoms with E-state index in [2.05, 4.69) is 40.5 Å². The Morgan fingerprint density at radius 2 is 2.11 bits per heavy atom. The zero-order chi connectivity index (χ0) is 13.1. The van der Waals surface area contributed by atoms with Crippen molar-refractivity contribution in [1.29, 1.82) is 0 Å². The smallest absolute Gasteiger partial charge is 0.321 e. The molecule has 1 aromatic rings. The van der Waals surface area contributed by atoms with Gasteiger partial charge >= 0.3 is 7.48 Å². The van der Waals surface area contributed by atoms with Gasteiger partial charge < -0.3 is 9.76 Å². The molecule has 2 N–H and O–H groups in total. The van der Waals surface area contributed by atoms with E-state index in [4.69, 9.17) is 4.65 Å². The maximum atomic E-state index is 9.19. The van der Waals surface area contributed by atoms with E-state index < -0.39 is 0 Å². The molecule has 0 aromatic heterocycles. The van der Waals surface area contributed by atoms with E-state index >= 15 is 0 Å². The van der Waals surface area contributed by atoms with E-state index in [0.29, 0.717) is 12.0 Å². The van der Waals surface area contributed by atoms with Crippen LogP contribution in [0.25, 0.3) is 0 Å². The first kappa shape index (κ1) is 13.1. The zero-order valence-electron chi connectivity index (χ0n) is 11.2. The second kappa shape index (κ2) is 6.05.